The fourth-order valence-electron chi connectivity index (χ4n) is 2.42. The zero-order valence-corrected chi connectivity index (χ0v) is 15.9. The number of hydrogen-bond acceptors (Lipinski definition) is 7. The second kappa shape index (κ2) is 7.96. The van der Waals surface area contributed by atoms with Crippen molar-refractivity contribution in [1.82, 2.24) is 15.4 Å². The van der Waals surface area contributed by atoms with E-state index in [-0.39, 0.29) is 11.7 Å². The van der Waals surface area contributed by atoms with E-state index in [1.165, 1.54) is 30.7 Å². The summed E-state index contributed by atoms with van der Waals surface area (Å²) in [6, 6.07) is 8.64. The van der Waals surface area contributed by atoms with Gasteiger partial charge in [0.25, 0.3) is 5.91 Å². The SMILES string of the molecule is COc1ccc(/C=N/NC(=O)c2sc(-c3ncccc3C)nc2C)cc1O. The van der Waals surface area contributed by atoms with Crippen LogP contribution in [0.15, 0.2) is 41.6 Å². The zero-order valence-electron chi connectivity index (χ0n) is 15.1. The lowest BCUT2D eigenvalue weighted by Crippen LogP contribution is -2.17. The second-order valence-electron chi connectivity index (χ2n) is 5.73. The molecule has 8 heteroatoms. The van der Waals surface area contributed by atoms with Crippen LogP contribution < -0.4 is 10.2 Å². The van der Waals surface area contributed by atoms with Crippen LogP contribution in [0.3, 0.4) is 0 Å². The standard InChI is InChI=1S/C19H18N4O3S/c1-11-5-4-8-20-16(11)19-22-12(2)17(27-19)18(25)23-21-10-13-6-7-15(26-3)14(24)9-13/h4-10,24H,1-3H3,(H,23,25)/b21-10+. The lowest BCUT2D eigenvalue weighted by Gasteiger charge is -2.03. The van der Waals surface area contributed by atoms with Gasteiger partial charge >= 0.3 is 0 Å². The molecule has 0 atom stereocenters. The Kier molecular flexibility index (Phi) is 5.46. The quantitative estimate of drug-likeness (QED) is 0.521. The van der Waals surface area contributed by atoms with Crippen LogP contribution in [0.4, 0.5) is 0 Å². The van der Waals surface area contributed by atoms with Crippen molar-refractivity contribution in [2.45, 2.75) is 13.8 Å². The minimum Gasteiger partial charge on any atom is -0.504 e. The van der Waals surface area contributed by atoms with Gasteiger partial charge in [0.15, 0.2) is 11.5 Å². The molecule has 0 aliphatic carbocycles. The van der Waals surface area contributed by atoms with Crippen molar-refractivity contribution in [2.75, 3.05) is 7.11 Å². The van der Waals surface area contributed by atoms with Gasteiger partial charge in [-0.3, -0.25) is 9.78 Å². The van der Waals surface area contributed by atoms with Crippen molar-refractivity contribution >= 4 is 23.5 Å². The third-order valence-corrected chi connectivity index (χ3v) is 4.96. The average Bonchev–Trinajstić information content (AvgIpc) is 3.04. The number of benzene rings is 1. The first-order valence-electron chi connectivity index (χ1n) is 8.09. The first-order chi connectivity index (χ1) is 13.0. The Hall–Kier alpha value is -3.26. The maximum Gasteiger partial charge on any atom is 0.283 e. The number of amides is 1. The molecule has 27 heavy (non-hydrogen) atoms. The molecule has 138 valence electrons. The molecule has 3 aromatic rings. The van der Waals surface area contributed by atoms with Gasteiger partial charge in [-0.2, -0.15) is 5.10 Å². The van der Waals surface area contributed by atoms with Crippen LogP contribution in [0.1, 0.15) is 26.5 Å². The molecule has 7 nitrogen and oxygen atoms in total. The highest BCUT2D eigenvalue weighted by Crippen LogP contribution is 2.28. The molecule has 0 bridgehead atoms. The van der Waals surface area contributed by atoms with Crippen molar-refractivity contribution in [3.8, 4) is 22.2 Å². The van der Waals surface area contributed by atoms with Gasteiger partial charge < -0.3 is 9.84 Å². The monoisotopic (exact) mass is 382 g/mol. The van der Waals surface area contributed by atoms with E-state index in [1.807, 2.05) is 19.1 Å². The number of carbonyl (C=O) groups is 1. The highest BCUT2D eigenvalue weighted by Gasteiger charge is 2.17. The number of hydrogen-bond donors (Lipinski definition) is 2. The van der Waals surface area contributed by atoms with Gasteiger partial charge in [-0.1, -0.05) is 6.07 Å². The molecule has 0 aliphatic rings. The summed E-state index contributed by atoms with van der Waals surface area (Å²) in [5.41, 5.74) is 5.49. The number of nitrogens with zero attached hydrogens (tertiary/aromatic N) is 3. The number of thiazole rings is 1. The molecule has 2 N–H and O–H groups in total. The molecule has 0 fully saturated rings. The first kappa shape index (κ1) is 18.5. The van der Waals surface area contributed by atoms with Crippen LogP contribution in [0.25, 0.3) is 10.7 Å². The number of aromatic hydroxyl groups is 1. The summed E-state index contributed by atoms with van der Waals surface area (Å²) in [4.78, 5) is 21.7. The van der Waals surface area contributed by atoms with Crippen molar-refractivity contribution in [3.63, 3.8) is 0 Å². The molecule has 0 saturated carbocycles. The number of phenolic OH excluding ortho intramolecular Hbond substituents is 1. The molecular formula is C19H18N4O3S. The zero-order chi connectivity index (χ0) is 19.4. The van der Waals surface area contributed by atoms with Gasteiger partial charge in [0, 0.05) is 6.20 Å². The maximum atomic E-state index is 12.4. The summed E-state index contributed by atoms with van der Waals surface area (Å²) < 4.78 is 4.99. The Labute approximate surface area is 160 Å². The highest BCUT2D eigenvalue weighted by atomic mass is 32.1. The Morgan fingerprint density at radius 3 is 2.85 bits per heavy atom. The summed E-state index contributed by atoms with van der Waals surface area (Å²) in [5.74, 6) is 0.0223. The number of carbonyl (C=O) groups excluding carboxylic acids is 1. The predicted octanol–water partition coefficient (Wildman–Crippen LogP) is 3.30. The van der Waals surface area contributed by atoms with E-state index in [4.69, 9.17) is 4.74 Å². The number of aryl methyl sites for hydroxylation is 2. The molecule has 2 aromatic heterocycles. The molecule has 1 amide bonds. The maximum absolute atomic E-state index is 12.4. The lowest BCUT2D eigenvalue weighted by molar-refractivity contribution is 0.0958. The van der Waals surface area contributed by atoms with E-state index >= 15 is 0 Å². The fourth-order valence-corrected chi connectivity index (χ4v) is 3.44. The summed E-state index contributed by atoms with van der Waals surface area (Å²) in [5, 5.41) is 14.4. The second-order valence-corrected chi connectivity index (χ2v) is 6.73. The molecular weight excluding hydrogens is 364 g/mol. The number of nitrogens with one attached hydrogen (secondary N) is 1. The van der Waals surface area contributed by atoms with E-state index in [2.05, 4.69) is 20.5 Å². The number of phenols is 1. The fraction of sp³-hybridized carbons (Fsp3) is 0.158. The minimum atomic E-state index is -0.348. The van der Waals surface area contributed by atoms with Crippen molar-refractivity contribution < 1.29 is 14.6 Å². The number of aromatic nitrogens is 2. The molecule has 0 saturated heterocycles. The van der Waals surface area contributed by atoms with Crippen molar-refractivity contribution in [3.05, 3.63) is 58.2 Å². The summed E-state index contributed by atoms with van der Waals surface area (Å²) in [7, 11) is 1.47. The third-order valence-electron chi connectivity index (χ3n) is 3.80. The Morgan fingerprint density at radius 2 is 2.15 bits per heavy atom. The Morgan fingerprint density at radius 1 is 1.33 bits per heavy atom. The number of methoxy groups -OCH3 is 1. The van der Waals surface area contributed by atoms with Crippen LogP contribution in [0.2, 0.25) is 0 Å². The Bertz CT molecular complexity index is 1010. The van der Waals surface area contributed by atoms with Gasteiger partial charge in [-0.25, -0.2) is 10.4 Å². The summed E-state index contributed by atoms with van der Waals surface area (Å²) >= 11 is 1.27. The van der Waals surface area contributed by atoms with E-state index in [0.717, 1.165) is 11.3 Å². The van der Waals surface area contributed by atoms with Gasteiger partial charge in [0.05, 0.1) is 19.0 Å². The molecule has 0 aliphatic heterocycles. The van der Waals surface area contributed by atoms with E-state index in [1.54, 1.807) is 25.3 Å². The lowest BCUT2D eigenvalue weighted by atomic mass is 10.2. The van der Waals surface area contributed by atoms with Gasteiger partial charge in [0.2, 0.25) is 0 Å². The molecule has 0 spiro atoms. The van der Waals surface area contributed by atoms with Gasteiger partial charge in [-0.15, -0.1) is 11.3 Å². The third kappa shape index (κ3) is 4.12. The normalized spacial score (nSPS) is 10.9. The molecule has 0 unspecified atom stereocenters. The topological polar surface area (TPSA) is 96.7 Å². The smallest absolute Gasteiger partial charge is 0.283 e. The van der Waals surface area contributed by atoms with Gasteiger partial charge in [0.1, 0.15) is 15.6 Å². The van der Waals surface area contributed by atoms with E-state index in [0.29, 0.717) is 26.9 Å². The number of ether oxygens (including phenoxy) is 1. The van der Waals surface area contributed by atoms with Crippen LogP contribution in [-0.4, -0.2) is 34.3 Å². The first-order valence-corrected chi connectivity index (χ1v) is 8.91. The van der Waals surface area contributed by atoms with Crippen LogP contribution in [0.5, 0.6) is 11.5 Å². The van der Waals surface area contributed by atoms with E-state index in [9.17, 15) is 9.90 Å². The predicted molar refractivity (Wildman–Crippen MR) is 105 cm³/mol. The van der Waals surface area contributed by atoms with Crippen LogP contribution >= 0.6 is 11.3 Å². The largest absolute Gasteiger partial charge is 0.504 e. The molecule has 1 aromatic carbocycles. The molecule has 3 rings (SSSR count). The van der Waals surface area contributed by atoms with E-state index < -0.39 is 0 Å². The summed E-state index contributed by atoms with van der Waals surface area (Å²) in [6.07, 6.45) is 3.14. The number of pyridine rings is 1. The van der Waals surface area contributed by atoms with Crippen molar-refractivity contribution in [2.24, 2.45) is 5.10 Å². The van der Waals surface area contributed by atoms with Crippen LogP contribution in [-0.2, 0) is 0 Å². The number of rotatable bonds is 5. The summed E-state index contributed by atoms with van der Waals surface area (Å²) in [6.45, 7) is 3.73. The van der Waals surface area contributed by atoms with Gasteiger partial charge in [-0.05, 0) is 49.2 Å². The molecule has 2 heterocycles. The van der Waals surface area contributed by atoms with Crippen LogP contribution in [0, 0.1) is 13.8 Å². The average molecular weight is 382 g/mol. The molecule has 0 radical (unpaired) electrons. The Balaban J connectivity index is 1.73. The number of hydrazone groups is 1. The minimum absolute atomic E-state index is 0.00134. The van der Waals surface area contributed by atoms with Crippen molar-refractivity contribution in [1.29, 1.82) is 0 Å². The highest BCUT2D eigenvalue weighted by molar-refractivity contribution is 7.17.